The summed E-state index contributed by atoms with van der Waals surface area (Å²) in [6.07, 6.45) is 3.82. The maximum absolute atomic E-state index is 12.8. The third-order valence-electron chi connectivity index (χ3n) is 4.74. The fourth-order valence-corrected chi connectivity index (χ4v) is 4.61. The molecular formula is C17H21N5O2S. The Hall–Kier alpha value is -2.09. The molecule has 2 aromatic heterocycles. The molecule has 0 aromatic carbocycles. The third kappa shape index (κ3) is 3.22. The molecule has 0 radical (unpaired) electrons. The van der Waals surface area contributed by atoms with E-state index in [1.165, 1.54) is 0 Å². The van der Waals surface area contributed by atoms with Crippen molar-refractivity contribution in [3.8, 4) is 5.88 Å². The summed E-state index contributed by atoms with van der Waals surface area (Å²) in [5.74, 6) is 3.51. The van der Waals surface area contributed by atoms with Crippen LogP contribution in [0.25, 0.3) is 0 Å². The van der Waals surface area contributed by atoms with Gasteiger partial charge in [-0.05, 0) is 31.6 Å². The van der Waals surface area contributed by atoms with Crippen molar-refractivity contribution >= 4 is 17.7 Å². The Bertz CT molecular complexity index is 745. The molecule has 0 aliphatic carbocycles. The monoisotopic (exact) mass is 359 g/mol. The Balaban J connectivity index is 1.46. The lowest BCUT2D eigenvalue weighted by Crippen LogP contribution is -2.44. The number of pyridine rings is 1. The van der Waals surface area contributed by atoms with Gasteiger partial charge in [0.25, 0.3) is 0 Å². The number of carbonyl (C=O) groups excluding carboxylic acids is 1. The van der Waals surface area contributed by atoms with E-state index in [-0.39, 0.29) is 17.2 Å². The maximum atomic E-state index is 12.8. The molecule has 0 spiro atoms. The first-order valence-corrected chi connectivity index (χ1v) is 9.67. The molecule has 132 valence electrons. The molecule has 25 heavy (non-hydrogen) atoms. The summed E-state index contributed by atoms with van der Waals surface area (Å²) in [5.41, 5.74) is 0. The first kappa shape index (κ1) is 16.4. The van der Waals surface area contributed by atoms with Crippen molar-refractivity contribution in [1.29, 1.82) is 0 Å². The normalized spacial score (nSPS) is 22.7. The molecule has 0 bridgehead atoms. The molecule has 7 nitrogen and oxygen atoms in total. The Morgan fingerprint density at radius 2 is 2.28 bits per heavy atom. The Labute approximate surface area is 150 Å². The highest BCUT2D eigenvalue weighted by molar-refractivity contribution is 8.00. The summed E-state index contributed by atoms with van der Waals surface area (Å²) >= 11 is 1.78. The summed E-state index contributed by atoms with van der Waals surface area (Å²) in [6.45, 7) is 3.75. The van der Waals surface area contributed by atoms with Gasteiger partial charge in [-0.2, -0.15) is 0 Å². The molecule has 4 rings (SSSR count). The van der Waals surface area contributed by atoms with Crippen LogP contribution in [0.2, 0.25) is 0 Å². The van der Waals surface area contributed by atoms with Gasteiger partial charge < -0.3 is 14.2 Å². The smallest absolute Gasteiger partial charge is 0.236 e. The van der Waals surface area contributed by atoms with Gasteiger partial charge in [-0.1, -0.05) is 6.07 Å². The van der Waals surface area contributed by atoms with Gasteiger partial charge in [-0.15, -0.1) is 22.0 Å². The molecule has 0 unspecified atom stereocenters. The standard InChI is InChI=1S/C17H21N5O2S/c1-12-16-20-19-14(11-24-15-6-2-3-7-18-15)22(16)9-8-21(12)17(23)13-5-4-10-25-13/h2-3,6-7,12-13H,4-5,8-11H2,1H3/t12-,13+/m0/s1. The number of rotatable bonds is 4. The fourth-order valence-electron chi connectivity index (χ4n) is 3.38. The highest BCUT2D eigenvalue weighted by Gasteiger charge is 2.35. The van der Waals surface area contributed by atoms with Crippen LogP contribution in [-0.2, 0) is 17.9 Å². The molecule has 1 amide bonds. The van der Waals surface area contributed by atoms with Crippen LogP contribution < -0.4 is 4.74 Å². The molecule has 1 fully saturated rings. The van der Waals surface area contributed by atoms with Crippen molar-refractivity contribution in [2.75, 3.05) is 12.3 Å². The molecule has 8 heteroatoms. The van der Waals surface area contributed by atoms with Gasteiger partial charge in [0.1, 0.15) is 6.61 Å². The van der Waals surface area contributed by atoms with E-state index in [4.69, 9.17) is 4.74 Å². The molecule has 4 heterocycles. The zero-order valence-corrected chi connectivity index (χ0v) is 15.0. The lowest BCUT2D eigenvalue weighted by molar-refractivity contribution is -0.134. The van der Waals surface area contributed by atoms with E-state index in [1.807, 2.05) is 30.0 Å². The van der Waals surface area contributed by atoms with Gasteiger partial charge in [-0.25, -0.2) is 4.98 Å². The zero-order chi connectivity index (χ0) is 17.2. The lowest BCUT2D eigenvalue weighted by atomic mass is 10.1. The van der Waals surface area contributed by atoms with E-state index in [0.717, 1.165) is 30.2 Å². The van der Waals surface area contributed by atoms with E-state index < -0.39 is 0 Å². The van der Waals surface area contributed by atoms with Crippen LogP contribution in [0.3, 0.4) is 0 Å². The van der Waals surface area contributed by atoms with Crippen molar-refractivity contribution in [3.63, 3.8) is 0 Å². The number of amides is 1. The van der Waals surface area contributed by atoms with Crippen LogP contribution in [0.15, 0.2) is 24.4 Å². The van der Waals surface area contributed by atoms with E-state index in [1.54, 1.807) is 18.0 Å². The van der Waals surface area contributed by atoms with Crippen molar-refractivity contribution in [2.45, 2.75) is 44.2 Å². The van der Waals surface area contributed by atoms with E-state index >= 15 is 0 Å². The minimum atomic E-state index is -0.0569. The summed E-state index contributed by atoms with van der Waals surface area (Å²) in [7, 11) is 0. The molecule has 2 aliphatic heterocycles. The number of fused-ring (bicyclic) bond motifs is 1. The van der Waals surface area contributed by atoms with Gasteiger partial charge in [0.2, 0.25) is 11.8 Å². The largest absolute Gasteiger partial charge is 0.469 e. The number of carbonyl (C=O) groups is 1. The van der Waals surface area contributed by atoms with Gasteiger partial charge in [0.05, 0.1) is 11.3 Å². The lowest BCUT2D eigenvalue weighted by Gasteiger charge is -2.35. The Morgan fingerprint density at radius 3 is 3.04 bits per heavy atom. The van der Waals surface area contributed by atoms with Crippen molar-refractivity contribution < 1.29 is 9.53 Å². The third-order valence-corrected chi connectivity index (χ3v) is 6.10. The van der Waals surface area contributed by atoms with E-state index in [9.17, 15) is 4.79 Å². The highest BCUT2D eigenvalue weighted by atomic mass is 32.2. The van der Waals surface area contributed by atoms with Gasteiger partial charge in [-0.3, -0.25) is 4.79 Å². The first-order chi connectivity index (χ1) is 12.2. The number of nitrogens with zero attached hydrogens (tertiary/aromatic N) is 5. The van der Waals surface area contributed by atoms with E-state index in [2.05, 4.69) is 19.7 Å². The second-order valence-electron chi connectivity index (χ2n) is 6.29. The van der Waals surface area contributed by atoms with Crippen LogP contribution in [0.4, 0.5) is 0 Å². The van der Waals surface area contributed by atoms with Gasteiger partial charge >= 0.3 is 0 Å². The van der Waals surface area contributed by atoms with E-state index in [0.29, 0.717) is 25.6 Å². The quantitative estimate of drug-likeness (QED) is 0.832. The fraction of sp³-hybridized carbons (Fsp3) is 0.529. The second kappa shape index (κ2) is 7.03. The molecule has 2 atom stereocenters. The van der Waals surface area contributed by atoms with Gasteiger partial charge in [0.15, 0.2) is 11.6 Å². The summed E-state index contributed by atoms with van der Waals surface area (Å²) in [6, 6.07) is 5.49. The minimum absolute atomic E-state index is 0.0569. The van der Waals surface area contributed by atoms with Crippen LogP contribution in [-0.4, -0.2) is 48.1 Å². The number of ether oxygens (including phenoxy) is 1. The summed E-state index contributed by atoms with van der Waals surface area (Å²) in [5, 5.41) is 8.71. The molecule has 2 aromatic rings. The Kier molecular flexibility index (Phi) is 4.61. The Morgan fingerprint density at radius 1 is 1.36 bits per heavy atom. The molecule has 1 saturated heterocycles. The van der Waals surface area contributed by atoms with Crippen molar-refractivity contribution in [3.05, 3.63) is 36.0 Å². The number of thioether (sulfide) groups is 1. The van der Waals surface area contributed by atoms with Crippen LogP contribution in [0.5, 0.6) is 5.88 Å². The topological polar surface area (TPSA) is 73.1 Å². The number of aromatic nitrogens is 4. The average Bonchev–Trinajstić information content (AvgIpc) is 3.31. The number of hydrogen-bond donors (Lipinski definition) is 0. The predicted molar refractivity (Wildman–Crippen MR) is 94.2 cm³/mol. The van der Waals surface area contributed by atoms with Crippen LogP contribution in [0, 0.1) is 0 Å². The molecule has 0 saturated carbocycles. The summed E-state index contributed by atoms with van der Waals surface area (Å²) < 4.78 is 7.76. The summed E-state index contributed by atoms with van der Waals surface area (Å²) in [4.78, 5) is 18.9. The molecule has 2 aliphatic rings. The zero-order valence-electron chi connectivity index (χ0n) is 14.2. The SMILES string of the molecule is C[C@H]1c2nnc(COc3ccccn3)n2CCN1C(=O)[C@H]1CCCS1. The second-order valence-corrected chi connectivity index (χ2v) is 7.60. The first-order valence-electron chi connectivity index (χ1n) is 8.62. The number of hydrogen-bond acceptors (Lipinski definition) is 6. The highest BCUT2D eigenvalue weighted by Crippen LogP contribution is 2.32. The van der Waals surface area contributed by atoms with Gasteiger partial charge in [0, 0.05) is 25.4 Å². The average molecular weight is 359 g/mol. The minimum Gasteiger partial charge on any atom is -0.469 e. The van der Waals surface area contributed by atoms with Crippen LogP contribution >= 0.6 is 11.8 Å². The van der Waals surface area contributed by atoms with Crippen molar-refractivity contribution in [1.82, 2.24) is 24.6 Å². The maximum Gasteiger partial charge on any atom is 0.236 e. The predicted octanol–water partition coefficient (Wildman–Crippen LogP) is 2.05. The molecule has 0 N–H and O–H groups in total. The molecular weight excluding hydrogens is 338 g/mol. The van der Waals surface area contributed by atoms with Crippen LogP contribution in [0.1, 0.15) is 37.5 Å². The van der Waals surface area contributed by atoms with Crippen molar-refractivity contribution in [2.24, 2.45) is 0 Å².